The van der Waals surface area contributed by atoms with Crippen molar-refractivity contribution in [2.75, 3.05) is 0 Å². The predicted octanol–water partition coefficient (Wildman–Crippen LogP) is 8.87. The molecule has 0 spiro atoms. The van der Waals surface area contributed by atoms with Gasteiger partial charge in [0, 0.05) is 5.41 Å². The molecule has 0 aromatic heterocycles. The molecule has 61 heavy (non-hydrogen) atoms. The van der Waals surface area contributed by atoms with Crippen LogP contribution in [0.15, 0.2) is 91.0 Å². The van der Waals surface area contributed by atoms with E-state index in [1.165, 1.54) is 96.6 Å². The molecule has 322 valence electrons. The van der Waals surface area contributed by atoms with Gasteiger partial charge >= 0.3 is 137 Å². The van der Waals surface area contributed by atoms with E-state index in [0.717, 1.165) is 61.3 Å². The average Bonchev–Trinajstić information content (AvgIpc) is 3.84. The van der Waals surface area contributed by atoms with Gasteiger partial charge in [0.2, 0.25) is 0 Å². The molecule has 0 fully saturated rings. The maximum atomic E-state index is 12.7. The van der Waals surface area contributed by atoms with Gasteiger partial charge in [-0.05, 0) is 58.4 Å². The first-order valence-corrected chi connectivity index (χ1v) is 21.3. The maximum Gasteiger partial charge on any atom is -1.00 e. The molecule has 0 saturated heterocycles. The van der Waals surface area contributed by atoms with Crippen molar-refractivity contribution >= 4 is 14.4 Å². The quantitative estimate of drug-likeness (QED) is 0.123. The Kier molecular flexibility index (Phi) is 14.8. The van der Waals surface area contributed by atoms with Gasteiger partial charge in [0.1, 0.15) is 0 Å². The molecular formula is C52H52Cl2F6Zr-2. The third kappa shape index (κ3) is 10.5. The molecule has 0 amide bonds. The fraction of sp³-hybridized carbons (Fsp3) is 0.346. The topological polar surface area (TPSA) is 0 Å². The molecule has 0 bridgehead atoms. The number of rotatable bonds is 3. The first-order chi connectivity index (χ1) is 27.2. The van der Waals surface area contributed by atoms with Gasteiger partial charge in [-0.3, -0.25) is 6.08 Å². The molecule has 0 atom stereocenters. The van der Waals surface area contributed by atoms with Crippen LogP contribution < -0.4 is 24.8 Å². The van der Waals surface area contributed by atoms with E-state index in [0.29, 0.717) is 8.62 Å². The molecule has 3 aliphatic carbocycles. The summed E-state index contributed by atoms with van der Waals surface area (Å²) in [5.74, 6) is 0. The summed E-state index contributed by atoms with van der Waals surface area (Å²) >= 11 is 0.729. The van der Waals surface area contributed by atoms with Crippen molar-refractivity contribution in [1.29, 1.82) is 0 Å². The van der Waals surface area contributed by atoms with Crippen molar-refractivity contribution in [2.45, 2.75) is 118 Å². The van der Waals surface area contributed by atoms with Crippen LogP contribution in [-0.4, -0.2) is 3.21 Å². The Morgan fingerprint density at radius 1 is 0.689 bits per heavy atom. The number of aryl methyl sites for hydroxylation is 2. The minimum atomic E-state index is -4.49. The normalized spacial score (nSPS) is 15.3. The Morgan fingerprint density at radius 3 is 1.64 bits per heavy atom. The van der Waals surface area contributed by atoms with E-state index >= 15 is 0 Å². The summed E-state index contributed by atoms with van der Waals surface area (Å²) in [5.41, 5.74) is 18.2. The Labute approximate surface area is 385 Å². The number of halogens is 8. The standard InChI is InChI=1S/C25H25.C15H8F6.C12H19.2ClH.Zr/c1-14-12-24(3,4)22-8-16-7-17-9-23-19(15(2)13-25(23,5)6)11-21(17)20(16)10-18(14)22;16-14(17,18)12-5-1-3-10(8-12)7-11-4-2-6-13(9-11)15(19,20)21;1-6-10-7-9(2)8-11(10)12(3,4)5;;;/h8-12H,7H2,1-6H3;1-6,8-9H;7-8H,6H2,1-5H3;2*1H;/q-1;;-1;;;+2/p-2. The van der Waals surface area contributed by atoms with Gasteiger partial charge in [-0.1, -0.05) is 105 Å². The van der Waals surface area contributed by atoms with Crippen molar-refractivity contribution < 1.29 is 75.4 Å². The summed E-state index contributed by atoms with van der Waals surface area (Å²) in [4.78, 5) is 0. The average molecular weight is 953 g/mol. The molecule has 0 nitrogen and oxygen atoms in total. The monoisotopic (exact) mass is 950 g/mol. The van der Waals surface area contributed by atoms with Crippen molar-refractivity contribution in [3.63, 3.8) is 0 Å². The first kappa shape index (κ1) is 50.3. The summed E-state index contributed by atoms with van der Waals surface area (Å²) in [6.07, 6.45) is -0.684. The summed E-state index contributed by atoms with van der Waals surface area (Å²) in [5, 5.41) is 0. The molecule has 8 rings (SSSR count). The Bertz CT molecular complexity index is 2380. The van der Waals surface area contributed by atoms with Crippen LogP contribution in [0.5, 0.6) is 0 Å². The summed E-state index contributed by atoms with van der Waals surface area (Å²) in [6, 6.07) is 23.6. The van der Waals surface area contributed by atoms with E-state index in [9.17, 15) is 26.3 Å². The van der Waals surface area contributed by atoms with E-state index in [2.05, 4.69) is 125 Å². The van der Waals surface area contributed by atoms with Crippen LogP contribution in [0.4, 0.5) is 26.3 Å². The van der Waals surface area contributed by atoms with Gasteiger partial charge in [0.15, 0.2) is 0 Å². The Hall–Kier alpha value is -3.38. The minimum Gasteiger partial charge on any atom is -1.00 e. The third-order valence-electron chi connectivity index (χ3n) is 11.7. The summed E-state index contributed by atoms with van der Waals surface area (Å²) in [7, 11) is 0. The predicted molar refractivity (Wildman–Crippen MR) is 228 cm³/mol. The number of allylic oxidation sites excluding steroid dienone is 4. The van der Waals surface area contributed by atoms with E-state index in [-0.39, 0.29) is 46.8 Å². The van der Waals surface area contributed by atoms with Crippen LogP contribution >= 0.6 is 0 Å². The van der Waals surface area contributed by atoms with Crippen LogP contribution in [0.25, 0.3) is 22.3 Å². The smallest absolute Gasteiger partial charge is 1.00 e. The van der Waals surface area contributed by atoms with Crippen molar-refractivity contribution in [3.05, 3.63) is 169 Å². The van der Waals surface area contributed by atoms with E-state index in [4.69, 9.17) is 0 Å². The fourth-order valence-electron chi connectivity index (χ4n) is 8.85. The summed E-state index contributed by atoms with van der Waals surface area (Å²) in [6.45, 7) is 24.9. The van der Waals surface area contributed by atoms with Crippen LogP contribution in [0.3, 0.4) is 0 Å². The Morgan fingerprint density at radius 2 is 1.18 bits per heavy atom. The first-order valence-electron chi connectivity index (χ1n) is 20.1. The molecule has 0 radical (unpaired) electrons. The SMILES string of the molecule is CC1=[C-]C(C)(C)c2cc3c(cc21)-c1cc2c(cc1C3)C(C)(C)C=C2C.CCc1[cH-]c(C)cc1C(C)(C)C.FC(F)(F)c1cccc([C](=[Zr+2])c2cccc(C(F)(F)F)c2)c1.[Cl-].[Cl-]. The second-order valence-corrected chi connectivity index (χ2v) is 19.5. The van der Waals surface area contributed by atoms with E-state index in [1.54, 1.807) is 0 Å². The molecule has 0 heterocycles. The largest absolute Gasteiger partial charge is 1.00 e. The maximum absolute atomic E-state index is 12.7. The van der Waals surface area contributed by atoms with E-state index < -0.39 is 23.5 Å². The summed E-state index contributed by atoms with van der Waals surface area (Å²) < 4.78 is 76.7. The molecule has 5 aromatic rings. The van der Waals surface area contributed by atoms with Crippen molar-refractivity contribution in [1.82, 2.24) is 0 Å². The van der Waals surface area contributed by atoms with Crippen LogP contribution in [-0.2, 0) is 65.7 Å². The van der Waals surface area contributed by atoms with Crippen LogP contribution in [0.1, 0.15) is 142 Å². The van der Waals surface area contributed by atoms with Crippen molar-refractivity contribution in [3.8, 4) is 11.1 Å². The molecule has 0 saturated carbocycles. The van der Waals surface area contributed by atoms with Gasteiger partial charge in [0.05, 0.1) is 0 Å². The number of alkyl halides is 6. The number of hydrogen-bond acceptors (Lipinski definition) is 0. The zero-order valence-corrected chi connectivity index (χ0v) is 40.6. The van der Waals surface area contributed by atoms with Crippen LogP contribution in [0, 0.1) is 13.0 Å². The number of hydrogen-bond donors (Lipinski definition) is 0. The molecule has 0 aliphatic heterocycles. The Balaban J connectivity index is 0.000000210. The van der Waals surface area contributed by atoms with Gasteiger partial charge in [-0.25, -0.2) is 11.6 Å². The zero-order valence-electron chi connectivity index (χ0n) is 36.6. The molecule has 0 N–H and O–H groups in total. The number of benzene rings is 4. The minimum absolute atomic E-state index is 0. The van der Waals surface area contributed by atoms with E-state index in [1.807, 2.05) is 0 Å². The van der Waals surface area contributed by atoms with Gasteiger partial charge < -0.3 is 24.8 Å². The molecule has 9 heteroatoms. The van der Waals surface area contributed by atoms with Crippen LogP contribution in [0.2, 0.25) is 0 Å². The molecule has 0 unspecified atom stereocenters. The molecule has 5 aromatic carbocycles. The molecular weight excluding hydrogens is 901 g/mol. The third-order valence-corrected chi connectivity index (χ3v) is 13.1. The fourth-order valence-corrected chi connectivity index (χ4v) is 9.61. The van der Waals surface area contributed by atoms with Crippen molar-refractivity contribution in [2.24, 2.45) is 0 Å². The van der Waals surface area contributed by atoms with Gasteiger partial charge in [-0.2, -0.15) is 28.3 Å². The second kappa shape index (κ2) is 18.0. The van der Waals surface area contributed by atoms with Gasteiger partial charge in [-0.15, -0.1) is 11.6 Å². The molecule has 3 aliphatic rings. The number of fused-ring (bicyclic) bond motifs is 5. The zero-order chi connectivity index (χ0) is 43.6. The second-order valence-electron chi connectivity index (χ2n) is 18.3. The van der Waals surface area contributed by atoms with Gasteiger partial charge in [0.25, 0.3) is 0 Å².